The highest BCUT2D eigenvalue weighted by molar-refractivity contribution is 7.91. The van der Waals surface area contributed by atoms with Crippen LogP contribution < -0.4 is 24.2 Å². The molecule has 23 rings (SSSR count). The number of aryl methyl sites for hydroxylation is 9. The van der Waals surface area contributed by atoms with Gasteiger partial charge < -0.3 is 63.0 Å². The number of thiazole rings is 5. The van der Waals surface area contributed by atoms with Crippen molar-refractivity contribution in [3.05, 3.63) is 140 Å². The van der Waals surface area contributed by atoms with Crippen LogP contribution in [0.25, 0.3) is 52.9 Å². The van der Waals surface area contributed by atoms with Crippen molar-refractivity contribution in [1.82, 2.24) is 79.2 Å². The molecule has 736 valence electrons. The number of piperazine rings is 1. The number of morpholine rings is 1. The Hall–Kier alpha value is -10.4. The van der Waals surface area contributed by atoms with E-state index in [-0.39, 0.29) is 82.6 Å². The van der Waals surface area contributed by atoms with Gasteiger partial charge in [0, 0.05) is 136 Å². The number of pyridine rings is 5. The molecule has 10 aromatic rings. The van der Waals surface area contributed by atoms with Gasteiger partial charge in [0.05, 0.1) is 160 Å². The van der Waals surface area contributed by atoms with Gasteiger partial charge in [0.1, 0.15) is 35.2 Å². The van der Waals surface area contributed by atoms with E-state index in [1.807, 2.05) is 116 Å². The second kappa shape index (κ2) is 39.8. The molecule has 139 heavy (non-hydrogen) atoms. The minimum Gasteiger partial charge on any atom is -0.480 e. The molecule has 0 N–H and O–H groups in total. The molecule has 3 saturated heterocycles. The van der Waals surface area contributed by atoms with E-state index in [0.29, 0.717) is 163 Å². The topological polar surface area (TPSA) is 332 Å². The monoisotopic (exact) mass is 2000 g/mol. The van der Waals surface area contributed by atoms with E-state index in [4.69, 9.17) is 43.0 Å². The Morgan fingerprint density at radius 3 is 1.05 bits per heavy atom. The van der Waals surface area contributed by atoms with Crippen LogP contribution in [0.5, 0.6) is 11.8 Å². The average Bonchev–Trinajstić information content (AvgIpc) is 1.61. The van der Waals surface area contributed by atoms with Crippen LogP contribution >= 0.6 is 56.7 Å². The highest BCUT2D eigenvalue weighted by Crippen LogP contribution is 2.50. The molecular formula is C102H125N19O12S6. The number of methoxy groups -OCH3 is 2. The summed E-state index contributed by atoms with van der Waals surface area (Å²) in [6.07, 6.45) is 13.8. The molecule has 8 fully saturated rings. The zero-order chi connectivity index (χ0) is 100. The number of fused-ring (bicyclic) bond motifs is 5. The maximum Gasteiger partial charge on any atom is 0.260 e. The Balaban J connectivity index is 0.000000113. The first kappa shape index (κ1) is 93.5. The number of sulfone groups is 1. The number of carbonyl (C=O) groups is 6. The van der Waals surface area contributed by atoms with Crippen molar-refractivity contribution in [3.63, 3.8) is 0 Å². The van der Waals surface area contributed by atoms with Gasteiger partial charge in [-0.2, -0.15) is 0 Å². The second-order valence-electron chi connectivity index (χ2n) is 39.4. The molecule has 8 aliphatic heterocycles. The summed E-state index contributed by atoms with van der Waals surface area (Å²) in [4.78, 5) is 148. The normalized spacial score (nSPS) is 20.0. The first-order valence-corrected chi connectivity index (χ1v) is 54.8. The van der Waals surface area contributed by atoms with Crippen LogP contribution in [0.15, 0.2) is 36.5 Å². The van der Waals surface area contributed by atoms with Crippen LogP contribution in [0.4, 0.5) is 17.5 Å². The smallest absolute Gasteiger partial charge is 0.260 e. The Bertz CT molecular complexity index is 6690. The number of ether oxygens (including phenoxy) is 4. The average molecular weight is 2000 g/mol. The second-order valence-corrected chi connectivity index (χ2v) is 47.7. The zero-order valence-electron chi connectivity index (χ0n) is 85.1. The fourth-order valence-corrected chi connectivity index (χ4v) is 26.1. The zero-order valence-corrected chi connectivity index (χ0v) is 87.0. The quantitative estimate of drug-likeness (QED) is 0.0537. The highest BCUT2D eigenvalue weighted by Gasteiger charge is 2.48. The van der Waals surface area contributed by atoms with Gasteiger partial charge in [0.15, 0.2) is 9.84 Å². The molecule has 0 spiro atoms. The van der Waals surface area contributed by atoms with Gasteiger partial charge in [0.2, 0.25) is 17.7 Å². The van der Waals surface area contributed by atoms with Crippen LogP contribution in [-0.4, -0.2) is 258 Å². The maximum atomic E-state index is 13.5. The van der Waals surface area contributed by atoms with Crippen molar-refractivity contribution >= 4 is 119 Å². The Labute approximate surface area is 837 Å². The summed E-state index contributed by atoms with van der Waals surface area (Å²) in [5.41, 5.74) is 15.8. The molecule has 31 nitrogen and oxygen atoms in total. The number of anilines is 3. The summed E-state index contributed by atoms with van der Waals surface area (Å²) < 4.78 is 67.9. The number of nitrogens with zero attached hydrogens (tertiary/aromatic N) is 19. The number of hydrogen-bond donors (Lipinski definition) is 0. The van der Waals surface area contributed by atoms with E-state index in [1.54, 1.807) is 59.4 Å². The Kier molecular flexibility index (Phi) is 26.8. The molecular weight excluding hydrogens is 1880 g/mol. The van der Waals surface area contributed by atoms with Crippen LogP contribution in [-0.2, 0) is 56.8 Å². The molecule has 18 heterocycles. The van der Waals surface area contributed by atoms with Gasteiger partial charge in [-0.25, -0.2) is 58.3 Å². The number of amides is 6. The lowest BCUT2D eigenvalue weighted by molar-refractivity contribution is -0.129. The molecule has 5 aliphatic carbocycles. The predicted molar refractivity (Wildman–Crippen MR) is 542 cm³/mol. The summed E-state index contributed by atoms with van der Waals surface area (Å²) in [5.74, 6) is 5.99. The lowest BCUT2D eigenvalue weighted by Gasteiger charge is -2.35. The molecule has 5 saturated carbocycles. The van der Waals surface area contributed by atoms with Crippen molar-refractivity contribution < 1.29 is 60.2 Å². The summed E-state index contributed by atoms with van der Waals surface area (Å²) in [5, 5.41) is 4.94. The Morgan fingerprint density at radius 1 is 0.410 bits per heavy atom. The van der Waals surface area contributed by atoms with Crippen LogP contribution in [0.2, 0.25) is 0 Å². The summed E-state index contributed by atoms with van der Waals surface area (Å²) in [6, 6.07) is 11.3. The summed E-state index contributed by atoms with van der Waals surface area (Å²) >= 11 is 8.02. The van der Waals surface area contributed by atoms with Crippen molar-refractivity contribution in [1.29, 1.82) is 0 Å². The van der Waals surface area contributed by atoms with E-state index in [1.165, 1.54) is 62.7 Å². The molecule has 0 aromatic carbocycles. The summed E-state index contributed by atoms with van der Waals surface area (Å²) in [7, 11) is -4.06. The largest absolute Gasteiger partial charge is 0.480 e. The third kappa shape index (κ3) is 20.3. The molecule has 6 amide bonds. The minimum atomic E-state index is -3.02. The number of rotatable bonds is 23. The SMILES string of the molecule is CC(=O)N1CCN(c2nc(-c3sc(C)nc3C)cc3c2C(=O)N([C@@H](C)C2CC2)C3)CC1.COCCOc1nc(-c2sc(C)nc2C)cc2c1C(=O)N([C@@H](C)C1CC1)C2.Cc1nc(C)c(-c2cc3c(c(N4CCS(=O)(=O)CC4)n2)C(=O)N([C@@H](C)C2CC2)C3)s1.Cc1ncc(-c2cc3c(c(N4CCOCC4)n2)C(=O)N([C@@H](C)C2CC2)C3)s1.[2H]C([2H])([2H])Oc1nc(-c2sc(C)nc2C)cc2c1C(=O)N([C@@H](C)C1CC1)C2. The standard InChI is InChI=1S/C23H29N5O2S.C21H26N4O3S2.C20H24N4O2S.C20H25N3O3S.C18H21N3O2S/c1-13-21(31-15(3)24-13)19-11-18-12-28(14(2)17-5-6-17)23(30)20(18)22(25-19)27-9-7-26(8-10-27)16(4)29;1-12-19(29-14(3)22-12)17-10-16-11-25(13(2)15-4-5-15)21(26)18(16)20(23-17)24-6-8-30(27,28)9-7-24;1-12(14-3-4-14)24-11-15-9-16(17-10-21-13(2)27-17)22-19(18(15)20(24)25)23-5-7-26-8-6-23;1-11-18(27-13(3)21-11)16-9-15-10-23(12(2)14-5-6-14)20(24)17(15)19(22-16)26-8-7-25-4;1-9-16(24-11(3)19-9)14-7-13-8-21(10(2)12-5-6-12)18(22)15(13)17(20-14)23-4/h11,14,17H,5-10,12H2,1-4H3;10,13,15H,4-9,11H2,1-3H3;9-10,12,14H,3-8,11H2,1-2H3;9,12,14H,5-8,10H2,1-4H3;7,10,12H,5-6,8H2,1-4H3/t14-;13-;2*12-;10-/m00000/s1/i;;;;4D3. The fourth-order valence-electron chi connectivity index (χ4n) is 20.6. The number of aromatic nitrogens is 10. The molecule has 10 aromatic heterocycles. The predicted octanol–water partition coefficient (Wildman–Crippen LogP) is 16.3. The van der Waals surface area contributed by atoms with E-state index in [9.17, 15) is 37.2 Å². The van der Waals surface area contributed by atoms with Crippen molar-refractivity contribution in [3.8, 4) is 64.6 Å². The Morgan fingerprint density at radius 2 is 0.727 bits per heavy atom. The van der Waals surface area contributed by atoms with Crippen molar-refractivity contribution in [2.24, 2.45) is 29.6 Å². The van der Waals surface area contributed by atoms with E-state index >= 15 is 0 Å². The number of hydrogen-bond acceptors (Lipinski definition) is 30. The molecule has 37 heteroatoms. The fraction of sp³-hybridized carbons (Fsp3) is 0.549. The van der Waals surface area contributed by atoms with Crippen LogP contribution in [0, 0.1) is 91.9 Å². The van der Waals surface area contributed by atoms with Gasteiger partial charge in [-0.05, 0) is 249 Å². The molecule has 13 aliphatic rings. The lowest BCUT2D eigenvalue weighted by atomic mass is 10.1. The van der Waals surface area contributed by atoms with Gasteiger partial charge in [0.25, 0.3) is 29.5 Å². The van der Waals surface area contributed by atoms with Gasteiger partial charge in [-0.1, -0.05) is 0 Å². The molecule has 5 atom stereocenters. The molecule has 0 unspecified atom stereocenters. The van der Waals surface area contributed by atoms with Crippen molar-refractivity contribution in [2.75, 3.05) is 119 Å². The first-order chi connectivity index (χ1) is 67.8. The first-order valence-electron chi connectivity index (χ1n) is 50.4. The molecule has 0 bridgehead atoms. The highest BCUT2D eigenvalue weighted by atomic mass is 32.2. The van der Waals surface area contributed by atoms with E-state index in [2.05, 4.69) is 91.4 Å². The van der Waals surface area contributed by atoms with Crippen LogP contribution in [0.1, 0.15) is 237 Å². The number of carbonyl (C=O) groups excluding carboxylic acids is 6. The van der Waals surface area contributed by atoms with Gasteiger partial charge in [-0.3, -0.25) is 28.8 Å². The van der Waals surface area contributed by atoms with Crippen molar-refractivity contribution in [2.45, 2.75) is 231 Å². The minimum absolute atomic E-state index is 0.0316. The summed E-state index contributed by atoms with van der Waals surface area (Å²) in [6.45, 7) is 40.3. The van der Waals surface area contributed by atoms with Gasteiger partial charge >= 0.3 is 0 Å². The van der Waals surface area contributed by atoms with Gasteiger partial charge in [-0.15, -0.1) is 56.7 Å². The third-order valence-corrected chi connectivity index (χ3v) is 36.4. The van der Waals surface area contributed by atoms with E-state index < -0.39 is 16.9 Å². The van der Waals surface area contributed by atoms with Crippen LogP contribution in [0.3, 0.4) is 0 Å². The maximum absolute atomic E-state index is 13.5. The van der Waals surface area contributed by atoms with E-state index in [0.717, 1.165) is 171 Å². The molecule has 0 radical (unpaired) electrons. The lowest BCUT2D eigenvalue weighted by Crippen LogP contribution is -2.48. The third-order valence-electron chi connectivity index (χ3n) is 29.5.